The number of sulfone groups is 1. The van der Waals surface area contributed by atoms with Crippen molar-refractivity contribution in [2.45, 2.75) is 25.0 Å². The predicted octanol–water partition coefficient (Wildman–Crippen LogP) is 1.09. The van der Waals surface area contributed by atoms with Gasteiger partial charge < -0.3 is 5.32 Å². The fourth-order valence-corrected chi connectivity index (χ4v) is 4.77. The topological polar surface area (TPSA) is 76.4 Å². The maximum absolute atomic E-state index is 11.7. The van der Waals surface area contributed by atoms with Crippen LogP contribution in [0.3, 0.4) is 0 Å². The summed E-state index contributed by atoms with van der Waals surface area (Å²) < 4.78 is 25.1. The van der Waals surface area contributed by atoms with Gasteiger partial charge in [-0.2, -0.15) is 0 Å². The van der Waals surface area contributed by atoms with Crippen LogP contribution in [0.15, 0.2) is 6.20 Å². The molecule has 1 saturated heterocycles. The zero-order valence-corrected chi connectivity index (χ0v) is 11.6. The third kappa shape index (κ3) is 2.10. The van der Waals surface area contributed by atoms with Gasteiger partial charge in [0.1, 0.15) is 0 Å². The zero-order valence-electron chi connectivity index (χ0n) is 9.96. The number of nitrogens with one attached hydrogen (secondary N) is 1. The van der Waals surface area contributed by atoms with E-state index in [1.165, 1.54) is 11.3 Å². The number of rotatable bonds is 3. The number of imidazole rings is 1. The Balaban J connectivity index is 1.71. The van der Waals surface area contributed by atoms with Gasteiger partial charge in [0.05, 0.1) is 22.9 Å². The van der Waals surface area contributed by atoms with Crippen LogP contribution < -0.4 is 5.32 Å². The van der Waals surface area contributed by atoms with Crippen molar-refractivity contribution in [2.24, 2.45) is 0 Å². The van der Waals surface area contributed by atoms with Crippen LogP contribution in [0.25, 0.3) is 4.96 Å². The normalized spacial score (nSPS) is 22.6. The molecule has 98 valence electrons. The highest BCUT2D eigenvalue weighted by atomic mass is 32.2. The quantitative estimate of drug-likeness (QED) is 0.914. The van der Waals surface area contributed by atoms with Gasteiger partial charge in [-0.1, -0.05) is 11.3 Å². The van der Waals surface area contributed by atoms with Gasteiger partial charge in [-0.3, -0.25) is 0 Å². The number of anilines is 1. The number of aromatic nitrogens is 3. The van der Waals surface area contributed by atoms with Crippen LogP contribution in [0.2, 0.25) is 0 Å². The van der Waals surface area contributed by atoms with Gasteiger partial charge in [0.15, 0.2) is 9.84 Å². The maximum Gasteiger partial charge on any atom is 0.214 e. The van der Waals surface area contributed by atoms with Crippen LogP contribution in [0.4, 0.5) is 5.13 Å². The largest absolute Gasteiger partial charge is 0.359 e. The van der Waals surface area contributed by atoms with Gasteiger partial charge in [0.25, 0.3) is 0 Å². The van der Waals surface area contributed by atoms with Gasteiger partial charge in [-0.05, 0) is 19.8 Å². The van der Waals surface area contributed by atoms with E-state index in [9.17, 15) is 8.42 Å². The molecule has 1 aliphatic heterocycles. The molecule has 1 unspecified atom stereocenters. The Labute approximate surface area is 109 Å². The van der Waals surface area contributed by atoms with E-state index < -0.39 is 9.84 Å². The summed E-state index contributed by atoms with van der Waals surface area (Å²) in [6.45, 7) is 2.36. The monoisotopic (exact) mass is 286 g/mol. The molecule has 1 aliphatic rings. The highest BCUT2D eigenvalue weighted by Gasteiger charge is 2.31. The Morgan fingerprint density at radius 3 is 3.11 bits per heavy atom. The third-order valence-electron chi connectivity index (χ3n) is 3.11. The van der Waals surface area contributed by atoms with Crippen molar-refractivity contribution in [2.75, 3.05) is 17.6 Å². The van der Waals surface area contributed by atoms with E-state index in [0.717, 1.165) is 28.6 Å². The van der Waals surface area contributed by atoms with Crippen molar-refractivity contribution in [1.82, 2.24) is 14.6 Å². The molecule has 0 bridgehead atoms. The molecule has 0 aromatic carbocycles. The van der Waals surface area contributed by atoms with Gasteiger partial charge in [0.2, 0.25) is 10.1 Å². The summed E-state index contributed by atoms with van der Waals surface area (Å²) >= 11 is 1.44. The Morgan fingerprint density at radius 2 is 2.44 bits per heavy atom. The number of fused-ring (bicyclic) bond motifs is 1. The summed E-state index contributed by atoms with van der Waals surface area (Å²) in [4.78, 5) is 5.13. The minimum atomic E-state index is -2.89. The standard InChI is InChI=1S/C10H14N4O2S2/c1-7-6-14-10(12-7)17-9(13-14)11-5-8-3-2-4-18(8,15)16/h6,8H,2-5H2,1H3,(H,11,13). The molecule has 0 aliphatic carbocycles. The van der Waals surface area contributed by atoms with Crippen LogP contribution in [-0.4, -0.2) is 40.6 Å². The van der Waals surface area contributed by atoms with Crippen molar-refractivity contribution in [3.05, 3.63) is 11.9 Å². The summed E-state index contributed by atoms with van der Waals surface area (Å²) in [5, 5.41) is 7.87. The Kier molecular flexibility index (Phi) is 2.78. The lowest BCUT2D eigenvalue weighted by Gasteiger charge is -2.08. The van der Waals surface area contributed by atoms with Crippen LogP contribution in [-0.2, 0) is 9.84 Å². The van der Waals surface area contributed by atoms with E-state index in [-0.39, 0.29) is 5.25 Å². The molecule has 18 heavy (non-hydrogen) atoms. The fraction of sp³-hybridized carbons (Fsp3) is 0.600. The van der Waals surface area contributed by atoms with Crippen molar-refractivity contribution in [3.8, 4) is 0 Å². The second-order valence-corrected chi connectivity index (χ2v) is 7.89. The van der Waals surface area contributed by atoms with Gasteiger partial charge in [-0.15, -0.1) is 5.10 Å². The first-order chi connectivity index (χ1) is 8.54. The molecule has 0 spiro atoms. The summed E-state index contributed by atoms with van der Waals surface area (Å²) in [5.41, 5.74) is 0.929. The number of aryl methyl sites for hydroxylation is 1. The zero-order chi connectivity index (χ0) is 12.8. The minimum Gasteiger partial charge on any atom is -0.359 e. The van der Waals surface area contributed by atoms with Crippen molar-refractivity contribution in [3.63, 3.8) is 0 Å². The van der Waals surface area contributed by atoms with Crippen LogP contribution in [0.1, 0.15) is 18.5 Å². The summed E-state index contributed by atoms with van der Waals surface area (Å²) in [6, 6.07) is 0. The van der Waals surface area contributed by atoms with E-state index in [2.05, 4.69) is 15.4 Å². The summed E-state index contributed by atoms with van der Waals surface area (Å²) in [7, 11) is -2.89. The van der Waals surface area contributed by atoms with E-state index in [0.29, 0.717) is 12.3 Å². The Hall–Kier alpha value is -1.15. The van der Waals surface area contributed by atoms with Crippen LogP contribution in [0, 0.1) is 6.92 Å². The third-order valence-corrected chi connectivity index (χ3v) is 6.26. The van der Waals surface area contributed by atoms with Crippen LogP contribution in [0.5, 0.6) is 0 Å². The predicted molar refractivity (Wildman–Crippen MR) is 70.9 cm³/mol. The average Bonchev–Trinajstić information content (AvgIpc) is 2.88. The Bertz CT molecular complexity index is 642. The highest BCUT2D eigenvalue weighted by molar-refractivity contribution is 7.92. The summed E-state index contributed by atoms with van der Waals surface area (Å²) in [5.74, 6) is 0.319. The fourth-order valence-electron chi connectivity index (χ4n) is 2.17. The SMILES string of the molecule is Cc1cn2nc(NCC3CCCS3(=O)=O)sc2n1. The first kappa shape index (κ1) is 11.9. The Morgan fingerprint density at radius 1 is 1.61 bits per heavy atom. The molecular formula is C10H14N4O2S2. The van der Waals surface area contributed by atoms with Gasteiger partial charge in [-0.25, -0.2) is 17.9 Å². The number of hydrogen-bond acceptors (Lipinski definition) is 6. The molecule has 0 saturated carbocycles. The highest BCUT2D eigenvalue weighted by Crippen LogP contribution is 2.23. The second-order valence-electron chi connectivity index (χ2n) is 4.53. The van der Waals surface area contributed by atoms with Gasteiger partial charge >= 0.3 is 0 Å². The molecule has 1 atom stereocenters. The number of nitrogens with zero attached hydrogens (tertiary/aromatic N) is 3. The maximum atomic E-state index is 11.7. The molecule has 0 amide bonds. The van der Waals surface area contributed by atoms with E-state index >= 15 is 0 Å². The molecule has 8 heteroatoms. The average molecular weight is 286 g/mol. The van der Waals surface area contributed by atoms with Crippen LogP contribution >= 0.6 is 11.3 Å². The molecule has 1 N–H and O–H groups in total. The smallest absolute Gasteiger partial charge is 0.214 e. The molecule has 2 aromatic heterocycles. The second kappa shape index (κ2) is 4.20. The first-order valence-corrected chi connectivity index (χ1v) is 8.36. The lowest BCUT2D eigenvalue weighted by Crippen LogP contribution is -2.25. The molecular weight excluding hydrogens is 272 g/mol. The van der Waals surface area contributed by atoms with Crippen molar-refractivity contribution < 1.29 is 8.42 Å². The van der Waals surface area contributed by atoms with Gasteiger partial charge in [0, 0.05) is 6.54 Å². The molecule has 6 nitrogen and oxygen atoms in total. The van der Waals surface area contributed by atoms with E-state index in [4.69, 9.17) is 0 Å². The molecule has 3 rings (SSSR count). The molecule has 0 radical (unpaired) electrons. The molecule has 3 heterocycles. The van der Waals surface area contributed by atoms with Crippen molar-refractivity contribution in [1.29, 1.82) is 0 Å². The number of hydrogen-bond donors (Lipinski definition) is 1. The van der Waals surface area contributed by atoms with E-state index in [1.54, 1.807) is 4.52 Å². The lowest BCUT2D eigenvalue weighted by atomic mass is 10.2. The van der Waals surface area contributed by atoms with Crippen molar-refractivity contribution >= 4 is 31.3 Å². The lowest BCUT2D eigenvalue weighted by molar-refractivity contribution is 0.591. The minimum absolute atomic E-state index is 0.268. The molecule has 1 fully saturated rings. The van der Waals surface area contributed by atoms with E-state index in [1.807, 2.05) is 13.1 Å². The first-order valence-electron chi connectivity index (χ1n) is 5.83. The molecule has 2 aromatic rings. The summed E-state index contributed by atoms with van der Waals surface area (Å²) in [6.07, 6.45) is 3.37.